The lowest BCUT2D eigenvalue weighted by Crippen LogP contribution is -1.95. The van der Waals surface area contributed by atoms with Gasteiger partial charge in [-0.05, 0) is 48.4 Å². The van der Waals surface area contributed by atoms with E-state index < -0.39 is 10.7 Å². The lowest BCUT2D eigenvalue weighted by molar-refractivity contribution is 0.614. The quantitative estimate of drug-likeness (QED) is 0.828. The summed E-state index contributed by atoms with van der Waals surface area (Å²) in [7, 11) is -2.32. The number of nitriles is 1. The first-order valence-electron chi connectivity index (χ1n) is 6.15. The van der Waals surface area contributed by atoms with Crippen molar-refractivity contribution in [3.8, 4) is 6.07 Å². The Hall–Kier alpha value is -2.32. The van der Waals surface area contributed by atoms with E-state index >= 15 is 0 Å². The van der Waals surface area contributed by atoms with Gasteiger partial charge in [0.1, 0.15) is 10.7 Å². The van der Waals surface area contributed by atoms with Crippen molar-refractivity contribution >= 4 is 22.1 Å². The second-order valence-electron chi connectivity index (χ2n) is 4.32. The van der Waals surface area contributed by atoms with Crippen LogP contribution in [0.5, 0.6) is 0 Å². The number of hydrogen-bond acceptors (Lipinski definition) is 4. The summed E-state index contributed by atoms with van der Waals surface area (Å²) >= 11 is 0. The van der Waals surface area contributed by atoms with Crippen LogP contribution in [0.3, 0.4) is 0 Å². The minimum Gasteiger partial charge on any atom is -0.356 e. The van der Waals surface area contributed by atoms with Gasteiger partial charge < -0.3 is 5.32 Å². The van der Waals surface area contributed by atoms with Gasteiger partial charge >= 0.3 is 0 Å². The van der Waals surface area contributed by atoms with Gasteiger partial charge in [0.2, 0.25) is 0 Å². The van der Waals surface area contributed by atoms with Crippen molar-refractivity contribution < 1.29 is 8.42 Å². The Morgan fingerprint density at radius 3 is 2.00 bits per heavy atom. The van der Waals surface area contributed by atoms with E-state index in [2.05, 4.69) is 11.4 Å². The number of hydrogen-bond donors (Lipinski definition) is 2. The molecule has 0 amide bonds. The van der Waals surface area contributed by atoms with E-state index in [1.807, 2.05) is 36.4 Å². The normalized spacial score (nSPS) is 10.2. The van der Waals surface area contributed by atoms with Crippen molar-refractivity contribution in [1.29, 1.82) is 5.26 Å². The maximum absolute atomic E-state index is 10.5. The maximum atomic E-state index is 10.5. The Morgan fingerprint density at radius 1 is 0.950 bits per heavy atom. The van der Waals surface area contributed by atoms with Gasteiger partial charge in [-0.2, -0.15) is 5.26 Å². The molecule has 0 saturated carbocycles. The largest absolute Gasteiger partial charge is 0.356 e. The summed E-state index contributed by atoms with van der Waals surface area (Å²) in [5.41, 5.74) is 3.44. The van der Waals surface area contributed by atoms with E-state index in [1.165, 1.54) is 0 Å². The molecule has 2 aromatic rings. The molecule has 2 rings (SSSR count). The van der Waals surface area contributed by atoms with E-state index in [0.29, 0.717) is 12.0 Å². The predicted molar refractivity (Wildman–Crippen MR) is 79.8 cm³/mol. The molecule has 0 spiro atoms. The fourth-order valence-electron chi connectivity index (χ4n) is 1.77. The fraction of sp³-hybridized carbons (Fsp3) is 0.133. The summed E-state index contributed by atoms with van der Waals surface area (Å²) < 4.78 is 21.1. The number of anilines is 2. The average Bonchev–Trinajstić information content (AvgIpc) is 2.47. The number of thiol groups is 1. The molecule has 0 bridgehead atoms. The minimum absolute atomic E-state index is 0.178. The van der Waals surface area contributed by atoms with Gasteiger partial charge in [-0.1, -0.05) is 12.1 Å². The molecule has 0 aliphatic rings. The Kier molecular flexibility index (Phi) is 4.75. The number of nitrogens with one attached hydrogen (secondary N) is 1. The molecular formula is C15H14N2O2S. The van der Waals surface area contributed by atoms with Crippen LogP contribution in [0.4, 0.5) is 11.4 Å². The van der Waals surface area contributed by atoms with E-state index in [9.17, 15) is 8.42 Å². The third kappa shape index (κ3) is 4.11. The topological polar surface area (TPSA) is 70.0 Å². The van der Waals surface area contributed by atoms with Gasteiger partial charge in [-0.3, -0.25) is 0 Å². The molecule has 0 unspecified atom stereocenters. The van der Waals surface area contributed by atoms with Crippen LogP contribution in [0.15, 0.2) is 48.5 Å². The van der Waals surface area contributed by atoms with Crippen molar-refractivity contribution in [2.45, 2.75) is 6.42 Å². The molecule has 0 aliphatic carbocycles. The molecular weight excluding hydrogens is 272 g/mol. The molecule has 2 aromatic carbocycles. The van der Waals surface area contributed by atoms with E-state index in [-0.39, 0.29) is 5.75 Å². The zero-order valence-corrected chi connectivity index (χ0v) is 11.6. The van der Waals surface area contributed by atoms with Gasteiger partial charge in [0.25, 0.3) is 0 Å². The predicted octanol–water partition coefficient (Wildman–Crippen LogP) is 2.46. The standard InChI is InChI=1S/C15H14N2O2S/c16-11-13-3-7-15(8-4-13)17-14-5-1-12(2-6-14)9-10-20(18)19/h1-8,17,20H,9-10H2. The molecule has 4 nitrogen and oxygen atoms in total. The van der Waals surface area contributed by atoms with Crippen LogP contribution in [0.25, 0.3) is 0 Å². The number of rotatable bonds is 5. The van der Waals surface area contributed by atoms with Crippen LogP contribution in [-0.2, 0) is 17.1 Å². The zero-order chi connectivity index (χ0) is 14.4. The van der Waals surface area contributed by atoms with Gasteiger partial charge in [-0.15, -0.1) is 0 Å². The summed E-state index contributed by atoms with van der Waals surface area (Å²) in [6.07, 6.45) is 0.538. The fourth-order valence-corrected chi connectivity index (χ4v) is 2.21. The first kappa shape index (κ1) is 14.1. The Balaban J connectivity index is 2.01. The van der Waals surface area contributed by atoms with E-state index in [4.69, 9.17) is 5.26 Å². The monoisotopic (exact) mass is 286 g/mol. The number of nitrogens with zero attached hydrogens (tertiary/aromatic N) is 1. The minimum atomic E-state index is -2.32. The average molecular weight is 286 g/mol. The first-order valence-corrected chi connectivity index (χ1v) is 7.51. The highest BCUT2D eigenvalue weighted by atomic mass is 32.2. The zero-order valence-electron chi connectivity index (χ0n) is 10.7. The highest BCUT2D eigenvalue weighted by Crippen LogP contribution is 2.17. The molecule has 0 radical (unpaired) electrons. The van der Waals surface area contributed by atoms with Crippen LogP contribution >= 0.6 is 0 Å². The smallest absolute Gasteiger partial charge is 0.140 e. The summed E-state index contributed by atoms with van der Waals surface area (Å²) in [6, 6.07) is 16.9. The van der Waals surface area contributed by atoms with Crippen molar-refractivity contribution in [2.24, 2.45) is 0 Å². The molecule has 0 heterocycles. The number of benzene rings is 2. The Morgan fingerprint density at radius 2 is 1.50 bits per heavy atom. The van der Waals surface area contributed by atoms with Crippen molar-refractivity contribution in [2.75, 3.05) is 11.1 Å². The third-order valence-corrected chi connectivity index (χ3v) is 3.43. The van der Waals surface area contributed by atoms with Crippen LogP contribution in [-0.4, -0.2) is 14.2 Å². The van der Waals surface area contributed by atoms with Crippen molar-refractivity contribution in [3.63, 3.8) is 0 Å². The molecule has 102 valence electrons. The Labute approximate surface area is 119 Å². The van der Waals surface area contributed by atoms with E-state index in [0.717, 1.165) is 16.9 Å². The van der Waals surface area contributed by atoms with Crippen LogP contribution in [0, 0.1) is 11.3 Å². The molecule has 0 aromatic heterocycles. The van der Waals surface area contributed by atoms with Gasteiger partial charge in [0.15, 0.2) is 0 Å². The Bertz CT molecular complexity index is 675. The molecule has 20 heavy (non-hydrogen) atoms. The van der Waals surface area contributed by atoms with Gasteiger partial charge in [0.05, 0.1) is 17.4 Å². The van der Waals surface area contributed by atoms with Crippen LogP contribution < -0.4 is 5.32 Å². The maximum Gasteiger partial charge on any atom is 0.140 e. The summed E-state index contributed by atoms with van der Waals surface area (Å²) in [6.45, 7) is 0. The third-order valence-electron chi connectivity index (χ3n) is 2.84. The lowest BCUT2D eigenvalue weighted by atomic mass is 10.1. The second-order valence-corrected chi connectivity index (χ2v) is 5.43. The highest BCUT2D eigenvalue weighted by Gasteiger charge is 1.98. The molecule has 1 N–H and O–H groups in total. The van der Waals surface area contributed by atoms with Crippen molar-refractivity contribution in [1.82, 2.24) is 0 Å². The van der Waals surface area contributed by atoms with Crippen molar-refractivity contribution in [3.05, 3.63) is 59.7 Å². The number of aryl methyl sites for hydroxylation is 1. The van der Waals surface area contributed by atoms with Gasteiger partial charge in [0, 0.05) is 11.4 Å². The SMILES string of the molecule is N#Cc1ccc(Nc2ccc(CC[SH](=O)=O)cc2)cc1. The molecule has 5 heteroatoms. The summed E-state index contributed by atoms with van der Waals surface area (Å²) in [5, 5.41) is 11.9. The molecule has 0 saturated heterocycles. The van der Waals surface area contributed by atoms with Crippen LogP contribution in [0.2, 0.25) is 0 Å². The first-order chi connectivity index (χ1) is 9.67. The molecule has 0 fully saturated rings. The summed E-state index contributed by atoms with van der Waals surface area (Å²) in [4.78, 5) is 0. The summed E-state index contributed by atoms with van der Waals surface area (Å²) in [5.74, 6) is 0.178. The molecule has 0 aliphatic heterocycles. The molecule has 0 atom stereocenters. The van der Waals surface area contributed by atoms with Gasteiger partial charge in [-0.25, -0.2) is 8.42 Å². The van der Waals surface area contributed by atoms with E-state index in [1.54, 1.807) is 12.1 Å². The second kappa shape index (κ2) is 6.73. The van der Waals surface area contributed by atoms with Crippen LogP contribution in [0.1, 0.15) is 11.1 Å². The highest BCUT2D eigenvalue weighted by molar-refractivity contribution is 7.72. The lowest BCUT2D eigenvalue weighted by Gasteiger charge is -2.07.